The molecule has 0 aliphatic rings. The Labute approximate surface area is 93.6 Å². The minimum Gasteiger partial charge on any atom is -1.00 e. The molecule has 0 atom stereocenters. The molecule has 10 heavy (non-hydrogen) atoms. The molecule has 0 saturated carbocycles. The Morgan fingerprint density at radius 2 is 1.80 bits per heavy atom. The molecule has 0 amide bonds. The first kappa shape index (κ1) is 12.8. The molecule has 0 aliphatic heterocycles. The topological polar surface area (TPSA) is 23.8 Å². The zero-order valence-corrected chi connectivity index (χ0v) is 8.91. The van der Waals surface area contributed by atoms with E-state index in [4.69, 9.17) is 5.26 Å². The van der Waals surface area contributed by atoms with Gasteiger partial charge in [0.05, 0.1) is 6.07 Å². The van der Waals surface area contributed by atoms with Crippen LogP contribution in [0.1, 0.15) is 5.56 Å². The van der Waals surface area contributed by atoms with Gasteiger partial charge in [-0.15, -0.1) is 0 Å². The van der Waals surface area contributed by atoms with Gasteiger partial charge in [-0.25, -0.2) is 0 Å². The molecule has 0 fully saturated rings. The van der Waals surface area contributed by atoms with Gasteiger partial charge in [0.2, 0.25) is 0 Å². The Morgan fingerprint density at radius 1 is 1.30 bits per heavy atom. The number of rotatable bonds is 0. The van der Waals surface area contributed by atoms with Crippen molar-refractivity contribution in [3.05, 3.63) is 35.9 Å². The van der Waals surface area contributed by atoms with Gasteiger partial charge in [0.1, 0.15) is 0 Å². The fourth-order valence-electron chi connectivity index (χ4n) is 0.461. The van der Waals surface area contributed by atoms with E-state index < -0.39 is 0 Å². The smallest absolute Gasteiger partial charge is 1.00 e. The molecule has 1 nitrogen and oxygen atoms in total. The van der Waals surface area contributed by atoms with E-state index in [1.165, 1.54) is 0 Å². The van der Waals surface area contributed by atoms with Gasteiger partial charge in [-0.05, 0) is 0 Å². The zero-order valence-electron chi connectivity index (χ0n) is 5.34. The summed E-state index contributed by atoms with van der Waals surface area (Å²) in [6.45, 7) is 0. The predicted molar refractivity (Wildman–Crippen MR) is 35.7 cm³/mol. The monoisotopic (exact) mass is 253 g/mol. The van der Waals surface area contributed by atoms with Crippen LogP contribution in [0.15, 0.2) is 24.3 Å². The van der Waals surface area contributed by atoms with E-state index in [0.717, 1.165) is 0 Å². The summed E-state index contributed by atoms with van der Waals surface area (Å²) >= 11 is 0. The van der Waals surface area contributed by atoms with Crippen LogP contribution < -0.4 is 24.0 Å². The van der Waals surface area contributed by atoms with Crippen molar-refractivity contribution in [1.29, 1.82) is 5.26 Å². The van der Waals surface area contributed by atoms with Crippen LogP contribution >= 0.6 is 0 Å². The number of nitriles is 1. The van der Waals surface area contributed by atoms with Crippen molar-refractivity contribution in [3.63, 3.8) is 0 Å². The maximum Gasteiger partial charge on any atom is 2.00 e. The summed E-state index contributed by atoms with van der Waals surface area (Å²) in [5, 5.41) is 8.27. The van der Waals surface area contributed by atoms with Gasteiger partial charge in [-0.1, -0.05) is 5.56 Å². The van der Waals surface area contributed by atoms with Crippen LogP contribution in [0.5, 0.6) is 0 Å². The van der Waals surface area contributed by atoms with Crippen molar-refractivity contribution in [2.24, 2.45) is 0 Å². The molecule has 46 valence electrons. The number of hydrogen-bond donors (Lipinski definition) is 0. The SMILES string of the molecule is N#Cc1cc[c-]cc1.[I-].[Mg+2]. The first-order valence-electron chi connectivity index (χ1n) is 2.29. The maximum absolute atomic E-state index is 8.27. The molecule has 0 aromatic heterocycles. The van der Waals surface area contributed by atoms with Gasteiger partial charge in [0.25, 0.3) is 0 Å². The number of hydrogen-bond acceptors (Lipinski definition) is 1. The van der Waals surface area contributed by atoms with Gasteiger partial charge in [-0.3, -0.25) is 0 Å². The molecule has 1 aromatic carbocycles. The van der Waals surface area contributed by atoms with E-state index in [9.17, 15) is 0 Å². The van der Waals surface area contributed by atoms with Gasteiger partial charge in [-0.2, -0.15) is 35.6 Å². The van der Waals surface area contributed by atoms with Crippen molar-refractivity contribution >= 4 is 23.1 Å². The Hall–Kier alpha value is 0.206. The standard InChI is InChI=1S/C7H4N.HI.Mg/c8-6-7-4-2-1-3-5-7;;/h2-5H;1H;/q-1;;+2/p-1. The summed E-state index contributed by atoms with van der Waals surface area (Å²) in [6.07, 6.45) is 0. The van der Waals surface area contributed by atoms with Crippen LogP contribution in [-0.2, 0) is 0 Å². The van der Waals surface area contributed by atoms with Crippen molar-refractivity contribution < 1.29 is 24.0 Å². The normalized spacial score (nSPS) is 6.30. The van der Waals surface area contributed by atoms with Crippen molar-refractivity contribution in [1.82, 2.24) is 0 Å². The summed E-state index contributed by atoms with van der Waals surface area (Å²) in [5.74, 6) is 0. The molecule has 1 aromatic rings. The first-order chi connectivity index (χ1) is 3.93. The Morgan fingerprint density at radius 3 is 2.10 bits per heavy atom. The average Bonchev–Trinajstić information content (AvgIpc) is 1.90. The van der Waals surface area contributed by atoms with Crippen LogP contribution in [0.4, 0.5) is 0 Å². The summed E-state index contributed by atoms with van der Waals surface area (Å²) in [7, 11) is 0. The van der Waals surface area contributed by atoms with E-state index in [-0.39, 0.29) is 47.0 Å². The second-order valence-corrected chi connectivity index (χ2v) is 1.40. The predicted octanol–water partition coefficient (Wildman–Crippen LogP) is -2.02. The molecule has 1 rings (SSSR count). The molecular weight excluding hydrogens is 249 g/mol. The largest absolute Gasteiger partial charge is 2.00 e. The van der Waals surface area contributed by atoms with E-state index in [1.807, 2.05) is 6.07 Å². The second-order valence-electron chi connectivity index (χ2n) is 1.40. The van der Waals surface area contributed by atoms with Crippen LogP contribution in [0.3, 0.4) is 0 Å². The van der Waals surface area contributed by atoms with E-state index in [0.29, 0.717) is 5.56 Å². The van der Waals surface area contributed by atoms with Crippen molar-refractivity contribution in [3.8, 4) is 6.07 Å². The van der Waals surface area contributed by atoms with Crippen molar-refractivity contribution in [2.45, 2.75) is 0 Å². The van der Waals surface area contributed by atoms with E-state index >= 15 is 0 Å². The Bertz CT molecular complexity index is 205. The minimum absolute atomic E-state index is 0. The number of benzene rings is 1. The molecular formula is C7H4IMgN. The molecule has 0 bridgehead atoms. The summed E-state index contributed by atoms with van der Waals surface area (Å²) < 4.78 is 0. The average molecular weight is 253 g/mol. The van der Waals surface area contributed by atoms with Gasteiger partial charge < -0.3 is 24.0 Å². The first-order valence-corrected chi connectivity index (χ1v) is 2.29. The molecule has 0 N–H and O–H groups in total. The fourth-order valence-corrected chi connectivity index (χ4v) is 0.461. The van der Waals surface area contributed by atoms with Crippen LogP contribution in [0, 0.1) is 17.4 Å². The Kier molecular flexibility index (Phi) is 9.40. The quantitative estimate of drug-likeness (QED) is 0.297. The molecule has 0 radical (unpaired) electrons. The van der Waals surface area contributed by atoms with E-state index in [1.54, 1.807) is 24.3 Å². The minimum atomic E-state index is 0. The van der Waals surface area contributed by atoms with Crippen molar-refractivity contribution in [2.75, 3.05) is 0 Å². The Balaban J connectivity index is 0. The second kappa shape index (κ2) is 7.31. The summed E-state index contributed by atoms with van der Waals surface area (Å²) in [5.41, 5.74) is 0.684. The molecule has 0 heterocycles. The number of nitrogens with zero attached hydrogens (tertiary/aromatic N) is 1. The van der Waals surface area contributed by atoms with E-state index in [2.05, 4.69) is 6.07 Å². The zero-order chi connectivity index (χ0) is 5.82. The molecule has 0 spiro atoms. The summed E-state index contributed by atoms with van der Waals surface area (Å²) in [6, 6.07) is 11.7. The molecule has 0 aliphatic carbocycles. The van der Waals surface area contributed by atoms with Gasteiger partial charge >= 0.3 is 23.1 Å². The van der Waals surface area contributed by atoms with Crippen LogP contribution in [0.2, 0.25) is 0 Å². The third-order valence-corrected chi connectivity index (χ3v) is 0.847. The van der Waals surface area contributed by atoms with Crippen LogP contribution in [0.25, 0.3) is 0 Å². The fraction of sp³-hybridized carbons (Fsp3) is 0. The van der Waals surface area contributed by atoms with Crippen LogP contribution in [-0.4, -0.2) is 23.1 Å². The third-order valence-electron chi connectivity index (χ3n) is 0.847. The molecule has 0 saturated heterocycles. The molecule has 0 unspecified atom stereocenters. The molecule has 3 heteroatoms. The van der Waals surface area contributed by atoms with Gasteiger partial charge in [0.15, 0.2) is 0 Å². The third kappa shape index (κ3) is 4.09. The van der Waals surface area contributed by atoms with Gasteiger partial charge in [0, 0.05) is 0 Å². The summed E-state index contributed by atoms with van der Waals surface area (Å²) in [4.78, 5) is 0. The maximum atomic E-state index is 8.27. The number of halogens is 1.